The Balaban J connectivity index is 1.86. The largest absolute Gasteiger partial charge is 0.417 e. The van der Waals surface area contributed by atoms with E-state index in [1.54, 1.807) is 18.6 Å². The molecule has 0 amide bonds. The standard InChI is InChI=1S/C17H15F3N4/c1-11-15(4-5-16(11)24-7-6-22-10-24)23-13-3-2-12(9-21)14(8-13)17(18,19)20/h2-3,6-8,10,15,23H,4-5H2,1H3. The molecule has 2 aromatic rings. The van der Waals surface area contributed by atoms with E-state index in [1.165, 1.54) is 12.1 Å². The predicted octanol–water partition coefficient (Wildman–Crippen LogP) is 4.28. The van der Waals surface area contributed by atoms with E-state index in [4.69, 9.17) is 5.26 Å². The van der Waals surface area contributed by atoms with Gasteiger partial charge in [0.1, 0.15) is 0 Å². The first-order chi connectivity index (χ1) is 11.4. The van der Waals surface area contributed by atoms with E-state index in [9.17, 15) is 13.2 Å². The summed E-state index contributed by atoms with van der Waals surface area (Å²) < 4.78 is 41.1. The fourth-order valence-corrected chi connectivity index (χ4v) is 3.00. The molecule has 1 aromatic carbocycles. The molecule has 1 aromatic heterocycles. The first kappa shape index (κ1) is 16.1. The van der Waals surface area contributed by atoms with Crippen LogP contribution >= 0.6 is 0 Å². The van der Waals surface area contributed by atoms with Gasteiger partial charge in [0.25, 0.3) is 0 Å². The summed E-state index contributed by atoms with van der Waals surface area (Å²) in [7, 11) is 0. The molecule has 0 saturated heterocycles. The highest BCUT2D eigenvalue weighted by Gasteiger charge is 2.34. The van der Waals surface area contributed by atoms with Crippen molar-refractivity contribution in [3.05, 3.63) is 53.6 Å². The lowest BCUT2D eigenvalue weighted by Gasteiger charge is -2.18. The fourth-order valence-electron chi connectivity index (χ4n) is 3.00. The van der Waals surface area contributed by atoms with E-state index in [-0.39, 0.29) is 11.6 Å². The molecule has 24 heavy (non-hydrogen) atoms. The second-order valence-electron chi connectivity index (χ2n) is 5.71. The van der Waals surface area contributed by atoms with Gasteiger partial charge in [0.15, 0.2) is 0 Å². The van der Waals surface area contributed by atoms with Gasteiger partial charge in [-0.05, 0) is 43.5 Å². The lowest BCUT2D eigenvalue weighted by Crippen LogP contribution is -2.18. The van der Waals surface area contributed by atoms with E-state index >= 15 is 0 Å². The van der Waals surface area contributed by atoms with E-state index in [2.05, 4.69) is 10.3 Å². The van der Waals surface area contributed by atoms with Crippen molar-refractivity contribution >= 4 is 11.4 Å². The number of benzene rings is 1. The number of aromatic nitrogens is 2. The summed E-state index contributed by atoms with van der Waals surface area (Å²) in [6.45, 7) is 1.97. The summed E-state index contributed by atoms with van der Waals surface area (Å²) in [4.78, 5) is 4.02. The average molecular weight is 332 g/mol. The van der Waals surface area contributed by atoms with Gasteiger partial charge in [0.2, 0.25) is 0 Å². The molecule has 1 atom stereocenters. The molecule has 0 fully saturated rings. The molecular formula is C17H15F3N4. The molecule has 124 valence electrons. The van der Waals surface area contributed by atoms with Crippen LogP contribution in [0, 0.1) is 11.3 Å². The van der Waals surface area contributed by atoms with E-state index < -0.39 is 11.7 Å². The summed E-state index contributed by atoms with van der Waals surface area (Å²) in [5, 5.41) is 12.0. The SMILES string of the molecule is CC1=C(n2ccnc2)CCC1Nc1ccc(C#N)c(C(F)(F)F)c1. The van der Waals surface area contributed by atoms with Crippen molar-refractivity contribution in [3.8, 4) is 6.07 Å². The summed E-state index contributed by atoms with van der Waals surface area (Å²) in [6, 6.07) is 5.26. The van der Waals surface area contributed by atoms with Gasteiger partial charge < -0.3 is 9.88 Å². The minimum atomic E-state index is -4.55. The Kier molecular flexibility index (Phi) is 4.06. The Hall–Kier alpha value is -2.75. The maximum atomic E-state index is 13.1. The van der Waals surface area contributed by atoms with Crippen molar-refractivity contribution in [1.82, 2.24) is 9.55 Å². The van der Waals surface area contributed by atoms with E-state index in [0.29, 0.717) is 5.69 Å². The number of nitriles is 1. The molecule has 7 heteroatoms. The van der Waals surface area contributed by atoms with Crippen LogP contribution in [0.15, 0.2) is 42.5 Å². The molecule has 0 bridgehead atoms. The first-order valence-corrected chi connectivity index (χ1v) is 7.46. The molecule has 3 rings (SSSR count). The number of alkyl halides is 3. The fraction of sp³-hybridized carbons (Fsp3) is 0.294. The number of halogens is 3. The third-order valence-corrected chi connectivity index (χ3v) is 4.25. The molecular weight excluding hydrogens is 317 g/mol. The predicted molar refractivity (Wildman–Crippen MR) is 83.9 cm³/mol. The Labute approximate surface area is 137 Å². The third-order valence-electron chi connectivity index (χ3n) is 4.25. The normalized spacial score (nSPS) is 17.9. The average Bonchev–Trinajstić information content (AvgIpc) is 3.17. The molecule has 4 nitrogen and oxygen atoms in total. The van der Waals surface area contributed by atoms with Crippen LogP contribution in [0.5, 0.6) is 0 Å². The van der Waals surface area contributed by atoms with Gasteiger partial charge in [-0.1, -0.05) is 0 Å². The number of allylic oxidation sites excluding steroid dienone is 1. The Morgan fingerprint density at radius 3 is 2.79 bits per heavy atom. The van der Waals surface area contributed by atoms with Crippen LogP contribution in [0.2, 0.25) is 0 Å². The lowest BCUT2D eigenvalue weighted by atomic mass is 10.1. The van der Waals surface area contributed by atoms with Crippen LogP contribution in [-0.2, 0) is 6.18 Å². The molecule has 0 aliphatic heterocycles. The lowest BCUT2D eigenvalue weighted by molar-refractivity contribution is -0.137. The van der Waals surface area contributed by atoms with Gasteiger partial charge in [0, 0.05) is 29.8 Å². The van der Waals surface area contributed by atoms with Gasteiger partial charge in [-0.25, -0.2) is 4.98 Å². The van der Waals surface area contributed by atoms with Crippen molar-refractivity contribution in [3.63, 3.8) is 0 Å². The third kappa shape index (κ3) is 3.00. The van der Waals surface area contributed by atoms with Gasteiger partial charge in [0.05, 0.1) is 23.5 Å². The summed E-state index contributed by atoms with van der Waals surface area (Å²) in [5.41, 5.74) is 1.26. The Morgan fingerprint density at radius 2 is 2.17 bits per heavy atom. The molecule has 1 heterocycles. The van der Waals surface area contributed by atoms with E-state index in [0.717, 1.165) is 30.2 Å². The van der Waals surface area contributed by atoms with Crippen molar-refractivity contribution in [2.45, 2.75) is 32.0 Å². The molecule has 1 aliphatic rings. The minimum Gasteiger partial charge on any atom is -0.378 e. The summed E-state index contributed by atoms with van der Waals surface area (Å²) >= 11 is 0. The van der Waals surface area contributed by atoms with Crippen LogP contribution in [0.1, 0.15) is 30.9 Å². The summed E-state index contributed by atoms with van der Waals surface area (Å²) in [5.74, 6) is 0. The zero-order valence-electron chi connectivity index (χ0n) is 12.9. The summed E-state index contributed by atoms with van der Waals surface area (Å²) in [6.07, 6.45) is 2.32. The minimum absolute atomic E-state index is 0.0450. The molecule has 0 saturated carbocycles. The highest BCUT2D eigenvalue weighted by atomic mass is 19.4. The number of nitrogens with one attached hydrogen (secondary N) is 1. The van der Waals surface area contributed by atoms with Gasteiger partial charge in [-0.2, -0.15) is 18.4 Å². The first-order valence-electron chi connectivity index (χ1n) is 7.46. The topological polar surface area (TPSA) is 53.6 Å². The maximum Gasteiger partial charge on any atom is 0.417 e. The van der Waals surface area contributed by atoms with Crippen molar-refractivity contribution in [1.29, 1.82) is 5.26 Å². The number of imidazole rings is 1. The second kappa shape index (κ2) is 6.04. The van der Waals surface area contributed by atoms with E-state index in [1.807, 2.05) is 17.7 Å². The Bertz CT molecular complexity index is 813. The van der Waals surface area contributed by atoms with Gasteiger partial charge >= 0.3 is 6.18 Å². The number of anilines is 1. The zero-order chi connectivity index (χ0) is 17.3. The van der Waals surface area contributed by atoms with Gasteiger partial charge in [-0.3, -0.25) is 0 Å². The molecule has 1 aliphatic carbocycles. The number of rotatable bonds is 3. The van der Waals surface area contributed by atoms with Crippen LogP contribution in [0.25, 0.3) is 5.70 Å². The van der Waals surface area contributed by atoms with Crippen LogP contribution in [0.4, 0.5) is 18.9 Å². The number of hydrogen-bond donors (Lipinski definition) is 1. The van der Waals surface area contributed by atoms with Crippen LogP contribution < -0.4 is 5.32 Å². The highest BCUT2D eigenvalue weighted by molar-refractivity contribution is 5.60. The number of hydrogen-bond acceptors (Lipinski definition) is 3. The maximum absolute atomic E-state index is 13.1. The molecule has 1 N–H and O–H groups in total. The number of nitrogens with zero attached hydrogens (tertiary/aromatic N) is 3. The Morgan fingerprint density at radius 1 is 1.38 bits per heavy atom. The smallest absolute Gasteiger partial charge is 0.378 e. The van der Waals surface area contributed by atoms with Crippen molar-refractivity contribution in [2.24, 2.45) is 0 Å². The van der Waals surface area contributed by atoms with Gasteiger partial charge in [-0.15, -0.1) is 0 Å². The quantitative estimate of drug-likeness (QED) is 0.913. The van der Waals surface area contributed by atoms with Crippen LogP contribution in [0.3, 0.4) is 0 Å². The zero-order valence-corrected chi connectivity index (χ0v) is 12.9. The van der Waals surface area contributed by atoms with Crippen LogP contribution in [-0.4, -0.2) is 15.6 Å². The highest BCUT2D eigenvalue weighted by Crippen LogP contribution is 2.35. The monoisotopic (exact) mass is 332 g/mol. The molecule has 0 spiro atoms. The van der Waals surface area contributed by atoms with Crippen molar-refractivity contribution in [2.75, 3.05) is 5.32 Å². The second-order valence-corrected chi connectivity index (χ2v) is 5.71. The molecule has 0 radical (unpaired) electrons. The van der Waals surface area contributed by atoms with Crippen molar-refractivity contribution < 1.29 is 13.2 Å². The molecule has 1 unspecified atom stereocenters.